The minimum Gasteiger partial charge on any atom is -0.340 e. The zero-order valence-corrected chi connectivity index (χ0v) is 31.8. The molecular weight excluding hydrogens is 629 g/mol. The van der Waals surface area contributed by atoms with E-state index in [4.69, 9.17) is 0 Å². The van der Waals surface area contributed by atoms with Gasteiger partial charge in [-0.3, -0.25) is 0 Å². The highest BCUT2D eigenvalue weighted by molar-refractivity contribution is 6.19. The normalized spacial score (nSPS) is 17.8. The molecule has 1 atom stereocenters. The maximum absolute atomic E-state index is 2.58. The van der Waals surface area contributed by atoms with Crippen LogP contribution in [0.25, 0.3) is 44.1 Å². The number of allylic oxidation sites excluding steroid dienone is 6. The van der Waals surface area contributed by atoms with Gasteiger partial charge in [-0.15, -0.1) is 0 Å². The number of rotatable bonds is 10. The van der Waals surface area contributed by atoms with Gasteiger partial charge >= 0.3 is 0 Å². The van der Waals surface area contributed by atoms with E-state index >= 15 is 0 Å². The second kappa shape index (κ2) is 14.2. The highest BCUT2D eigenvalue weighted by Crippen LogP contribution is 2.47. The Labute approximate surface area is 310 Å². The van der Waals surface area contributed by atoms with Crippen LogP contribution in [0.2, 0.25) is 0 Å². The van der Waals surface area contributed by atoms with Crippen molar-refractivity contribution in [2.75, 3.05) is 6.54 Å². The number of unbranched alkanes of at least 4 members (excludes halogenated alkanes) is 2. The highest BCUT2D eigenvalue weighted by atomic mass is 15.0. The predicted molar refractivity (Wildman–Crippen MR) is 225 cm³/mol. The Morgan fingerprint density at radius 2 is 1.42 bits per heavy atom. The largest absolute Gasteiger partial charge is 0.340 e. The van der Waals surface area contributed by atoms with Crippen molar-refractivity contribution >= 4 is 55.5 Å². The van der Waals surface area contributed by atoms with Crippen molar-refractivity contribution in [2.24, 2.45) is 11.3 Å². The minimum absolute atomic E-state index is 0.172. The van der Waals surface area contributed by atoms with E-state index in [0.717, 1.165) is 25.9 Å². The van der Waals surface area contributed by atoms with Gasteiger partial charge in [-0.05, 0) is 81.9 Å². The van der Waals surface area contributed by atoms with E-state index in [-0.39, 0.29) is 5.41 Å². The van der Waals surface area contributed by atoms with Gasteiger partial charge in [0, 0.05) is 46.7 Å². The van der Waals surface area contributed by atoms with E-state index in [1.54, 1.807) is 0 Å². The molecule has 0 amide bonds. The molecule has 1 aliphatic heterocycles. The van der Waals surface area contributed by atoms with E-state index in [9.17, 15) is 0 Å². The topological polar surface area (TPSA) is 7.94 Å². The van der Waals surface area contributed by atoms with E-state index < -0.39 is 0 Å². The molecule has 0 bridgehead atoms. The van der Waals surface area contributed by atoms with Crippen molar-refractivity contribution in [1.82, 2.24) is 4.57 Å². The Bertz CT molecular complexity index is 2450. The molecule has 6 aromatic rings. The second-order valence-corrected chi connectivity index (χ2v) is 16.1. The third-order valence-electron chi connectivity index (χ3n) is 11.7. The molecule has 0 saturated heterocycles. The smallest absolute Gasteiger partial charge is 0.214 e. The first-order chi connectivity index (χ1) is 25.4. The molecule has 0 radical (unpaired) electrons. The summed E-state index contributed by atoms with van der Waals surface area (Å²) < 4.78 is 5.16. The number of aryl methyl sites for hydroxylation is 1. The Kier molecular flexibility index (Phi) is 9.34. The molecule has 1 unspecified atom stereocenters. The van der Waals surface area contributed by atoms with Crippen LogP contribution in [0.15, 0.2) is 133 Å². The van der Waals surface area contributed by atoms with Gasteiger partial charge in [-0.1, -0.05) is 145 Å². The molecule has 2 heteroatoms. The molecule has 1 aromatic heterocycles. The average molecular weight is 682 g/mol. The maximum Gasteiger partial charge on any atom is 0.214 e. The summed E-state index contributed by atoms with van der Waals surface area (Å²) in [6.07, 6.45) is 16.7. The monoisotopic (exact) mass is 681 g/mol. The van der Waals surface area contributed by atoms with Crippen LogP contribution in [0.1, 0.15) is 84.3 Å². The molecule has 0 spiro atoms. The molecule has 8 rings (SSSR count). The summed E-state index contributed by atoms with van der Waals surface area (Å²) in [4.78, 5) is 0. The van der Waals surface area contributed by atoms with Gasteiger partial charge < -0.3 is 4.57 Å². The number of hydrogen-bond donors (Lipinski definition) is 0. The molecule has 5 aromatic carbocycles. The van der Waals surface area contributed by atoms with Gasteiger partial charge in [-0.25, -0.2) is 0 Å². The summed E-state index contributed by atoms with van der Waals surface area (Å²) in [5.41, 5.74) is 11.1. The Morgan fingerprint density at radius 1 is 0.712 bits per heavy atom. The third kappa shape index (κ3) is 6.17. The molecule has 2 aliphatic rings. The lowest BCUT2D eigenvalue weighted by molar-refractivity contribution is -0.436. The lowest BCUT2D eigenvalue weighted by Crippen LogP contribution is -2.25. The third-order valence-corrected chi connectivity index (χ3v) is 11.7. The summed E-state index contributed by atoms with van der Waals surface area (Å²) in [6, 6.07) is 38.4. The molecule has 2 heterocycles. The number of nitrogens with zero attached hydrogens (tertiary/aromatic N) is 2. The van der Waals surface area contributed by atoms with Gasteiger partial charge in [0.15, 0.2) is 0 Å². The van der Waals surface area contributed by atoms with Crippen molar-refractivity contribution in [3.05, 3.63) is 149 Å². The van der Waals surface area contributed by atoms with Crippen molar-refractivity contribution in [3.8, 4) is 0 Å². The molecule has 0 N–H and O–H groups in total. The standard InChI is InChI=1S/C50H53N2/c1-6-8-31-51-43(41-23-13-19-36-21-15-25-45(51)48(36)41)29-27-38-33-40(50(3,4)5)34-39(47(38)35-17-11-10-12-18-35)28-30-44-42-24-14-20-37-22-16-26-46(49(37)42)52(44)32-9-7-2/h10-30,40H,6-9,31-34H2,1-5H3/q+1. The zero-order valence-electron chi connectivity index (χ0n) is 31.8. The maximum atomic E-state index is 2.58. The van der Waals surface area contributed by atoms with Gasteiger partial charge in [0.1, 0.15) is 6.54 Å². The van der Waals surface area contributed by atoms with Crippen LogP contribution in [0, 0.1) is 11.3 Å². The van der Waals surface area contributed by atoms with E-state index in [2.05, 4.69) is 171 Å². The van der Waals surface area contributed by atoms with Crippen molar-refractivity contribution in [2.45, 2.75) is 79.7 Å². The van der Waals surface area contributed by atoms with Crippen molar-refractivity contribution < 1.29 is 4.58 Å². The zero-order chi connectivity index (χ0) is 35.8. The Morgan fingerprint density at radius 3 is 2.17 bits per heavy atom. The quantitative estimate of drug-likeness (QED) is 0.127. The van der Waals surface area contributed by atoms with E-state index in [1.807, 2.05) is 0 Å². The van der Waals surface area contributed by atoms with Crippen LogP contribution in [-0.2, 0) is 6.54 Å². The molecule has 52 heavy (non-hydrogen) atoms. The van der Waals surface area contributed by atoms with Crippen molar-refractivity contribution in [1.29, 1.82) is 0 Å². The molecule has 2 nitrogen and oxygen atoms in total. The number of aromatic nitrogens is 1. The fourth-order valence-electron chi connectivity index (χ4n) is 8.81. The molecule has 262 valence electrons. The van der Waals surface area contributed by atoms with Crippen LogP contribution in [0.4, 0.5) is 5.69 Å². The summed E-state index contributed by atoms with van der Waals surface area (Å²) in [7, 11) is 0. The van der Waals surface area contributed by atoms with Crippen LogP contribution >= 0.6 is 0 Å². The van der Waals surface area contributed by atoms with Gasteiger partial charge in [-0.2, -0.15) is 4.58 Å². The molecule has 0 fully saturated rings. The SMILES string of the molecule is CCCCn1/c(=C/C=C2\CC(C(C)(C)C)CC(/C=C/C3=[N+](CCCC)c4cccc5cccc3c45)=C2c2ccccc2)c2cccc3cccc1c32. The molecule has 0 saturated carbocycles. The fraction of sp³-hybridized carbons (Fsp3) is 0.300. The summed E-state index contributed by atoms with van der Waals surface area (Å²) >= 11 is 0. The Balaban J connectivity index is 1.34. The second-order valence-electron chi connectivity index (χ2n) is 16.1. The van der Waals surface area contributed by atoms with Gasteiger partial charge in [0.25, 0.3) is 0 Å². The first-order valence-electron chi connectivity index (χ1n) is 19.7. The van der Waals surface area contributed by atoms with Crippen LogP contribution in [0.3, 0.4) is 0 Å². The number of benzene rings is 5. The van der Waals surface area contributed by atoms with E-state index in [1.165, 1.54) is 103 Å². The van der Waals surface area contributed by atoms with E-state index in [0.29, 0.717) is 5.92 Å². The van der Waals surface area contributed by atoms with Crippen LogP contribution < -0.4 is 5.35 Å². The minimum atomic E-state index is 0.172. The first kappa shape index (κ1) is 34.2. The highest BCUT2D eigenvalue weighted by Gasteiger charge is 2.34. The van der Waals surface area contributed by atoms with Crippen LogP contribution in [-0.4, -0.2) is 21.4 Å². The fourth-order valence-corrected chi connectivity index (χ4v) is 8.81. The summed E-state index contributed by atoms with van der Waals surface area (Å²) in [5, 5.41) is 8.11. The summed E-state index contributed by atoms with van der Waals surface area (Å²) in [5.74, 6) is 0.523. The predicted octanol–water partition coefficient (Wildman–Crippen LogP) is 12.6. The summed E-state index contributed by atoms with van der Waals surface area (Å²) in [6.45, 7) is 13.9. The van der Waals surface area contributed by atoms with Gasteiger partial charge in [0.05, 0.1) is 10.9 Å². The lowest BCUT2D eigenvalue weighted by Gasteiger charge is -2.37. The lowest BCUT2D eigenvalue weighted by atomic mass is 9.68. The molecular formula is C50H53N2+. The first-order valence-corrected chi connectivity index (χ1v) is 19.7. The van der Waals surface area contributed by atoms with Crippen molar-refractivity contribution in [3.63, 3.8) is 0 Å². The average Bonchev–Trinajstić information content (AvgIpc) is 3.64. The number of hydrogen-bond acceptors (Lipinski definition) is 0. The van der Waals surface area contributed by atoms with Gasteiger partial charge in [0.2, 0.25) is 11.4 Å². The Hall–Kier alpha value is -4.95. The van der Waals surface area contributed by atoms with Crippen LogP contribution in [0.5, 0.6) is 0 Å². The molecule has 1 aliphatic carbocycles.